The Morgan fingerprint density at radius 3 is 3.14 bits per heavy atom. The predicted molar refractivity (Wildman–Crippen MR) is 54.7 cm³/mol. The Hall–Kier alpha value is -0.630. The third-order valence-corrected chi connectivity index (χ3v) is 2.65. The summed E-state index contributed by atoms with van der Waals surface area (Å²) in [6, 6.07) is 2.52. The fourth-order valence-electron chi connectivity index (χ4n) is 1.73. The van der Waals surface area contributed by atoms with Gasteiger partial charge in [0.25, 0.3) is 0 Å². The average molecular weight is 197 g/mol. The fraction of sp³-hybridized carbons (Fsp3) is 0.900. The molecule has 0 radical (unpaired) electrons. The zero-order valence-electron chi connectivity index (χ0n) is 8.78. The highest BCUT2D eigenvalue weighted by Gasteiger charge is 2.21. The van der Waals surface area contributed by atoms with Gasteiger partial charge in [0.1, 0.15) is 0 Å². The molecule has 0 spiro atoms. The highest BCUT2D eigenvalue weighted by molar-refractivity contribution is 4.82. The first-order valence-corrected chi connectivity index (χ1v) is 5.20. The zero-order chi connectivity index (χ0) is 10.4. The number of nitrogens with two attached hydrogens (primary N) is 1. The maximum atomic E-state index is 8.63. The van der Waals surface area contributed by atoms with Gasteiger partial charge < -0.3 is 10.5 Å². The molecule has 1 aliphatic heterocycles. The smallest absolute Gasteiger partial charge is 0.0824 e. The van der Waals surface area contributed by atoms with Crippen LogP contribution >= 0.6 is 0 Å². The number of nitriles is 1. The van der Waals surface area contributed by atoms with Gasteiger partial charge in [0.15, 0.2) is 0 Å². The Morgan fingerprint density at radius 2 is 2.50 bits per heavy atom. The topological polar surface area (TPSA) is 62.3 Å². The second kappa shape index (κ2) is 5.97. The lowest BCUT2D eigenvalue weighted by molar-refractivity contribution is 0.0554. The molecule has 1 fully saturated rings. The van der Waals surface area contributed by atoms with E-state index in [0.29, 0.717) is 19.0 Å². The molecule has 1 heterocycles. The molecule has 80 valence electrons. The van der Waals surface area contributed by atoms with Crippen molar-refractivity contribution in [1.29, 1.82) is 5.26 Å². The third-order valence-electron chi connectivity index (χ3n) is 2.65. The Balaban J connectivity index is 2.46. The molecule has 4 heteroatoms. The Kier molecular flexibility index (Phi) is 4.88. The zero-order valence-corrected chi connectivity index (χ0v) is 8.78. The van der Waals surface area contributed by atoms with E-state index in [1.807, 2.05) is 0 Å². The quantitative estimate of drug-likeness (QED) is 0.708. The van der Waals surface area contributed by atoms with E-state index in [4.69, 9.17) is 15.7 Å². The summed E-state index contributed by atoms with van der Waals surface area (Å²) in [4.78, 5) is 2.30. The highest BCUT2D eigenvalue weighted by Crippen LogP contribution is 2.10. The van der Waals surface area contributed by atoms with E-state index in [0.717, 1.165) is 26.1 Å². The number of nitrogens with zero attached hydrogens (tertiary/aromatic N) is 2. The molecule has 0 aromatic carbocycles. The van der Waals surface area contributed by atoms with Gasteiger partial charge in [-0.05, 0) is 13.3 Å². The molecule has 2 N–H and O–H groups in total. The largest absolute Gasteiger partial charge is 0.376 e. The van der Waals surface area contributed by atoms with Crippen molar-refractivity contribution < 1.29 is 4.74 Å². The molecular formula is C10H19N3O. The maximum absolute atomic E-state index is 8.63. The van der Waals surface area contributed by atoms with Crippen molar-refractivity contribution in [3.05, 3.63) is 0 Å². The minimum Gasteiger partial charge on any atom is -0.376 e. The van der Waals surface area contributed by atoms with Crippen LogP contribution in [-0.4, -0.2) is 43.3 Å². The predicted octanol–water partition coefficient (Wildman–Crippen LogP) is 0.338. The summed E-state index contributed by atoms with van der Waals surface area (Å²) in [5.74, 6) is 0. The van der Waals surface area contributed by atoms with Crippen LogP contribution in [0.3, 0.4) is 0 Å². The molecule has 14 heavy (non-hydrogen) atoms. The first kappa shape index (κ1) is 11.4. The van der Waals surface area contributed by atoms with Crippen molar-refractivity contribution in [2.75, 3.05) is 26.2 Å². The lowest BCUT2D eigenvalue weighted by atomic mass is 10.2. The highest BCUT2D eigenvalue weighted by atomic mass is 16.5. The number of hydrogen-bond donors (Lipinski definition) is 1. The second-order valence-electron chi connectivity index (χ2n) is 3.79. The number of hydrogen-bond acceptors (Lipinski definition) is 4. The SMILES string of the molecule is CC(CC#N)N1CCCOC(CN)C1. The second-order valence-corrected chi connectivity index (χ2v) is 3.79. The van der Waals surface area contributed by atoms with Gasteiger partial charge in [0.05, 0.1) is 18.6 Å². The van der Waals surface area contributed by atoms with E-state index < -0.39 is 0 Å². The van der Waals surface area contributed by atoms with Crippen molar-refractivity contribution >= 4 is 0 Å². The molecule has 1 aliphatic rings. The molecule has 0 saturated carbocycles. The van der Waals surface area contributed by atoms with Crippen LogP contribution in [0.25, 0.3) is 0 Å². The van der Waals surface area contributed by atoms with Crippen molar-refractivity contribution in [3.8, 4) is 6.07 Å². The van der Waals surface area contributed by atoms with Gasteiger partial charge >= 0.3 is 0 Å². The average Bonchev–Trinajstić information content (AvgIpc) is 2.43. The van der Waals surface area contributed by atoms with Crippen LogP contribution in [0.2, 0.25) is 0 Å². The molecule has 4 nitrogen and oxygen atoms in total. The normalized spacial score (nSPS) is 26.5. The van der Waals surface area contributed by atoms with Crippen molar-refractivity contribution in [2.24, 2.45) is 5.73 Å². The van der Waals surface area contributed by atoms with Gasteiger partial charge in [0, 0.05) is 32.3 Å². The standard InChI is InChI=1S/C10H19N3O/c1-9(3-4-11)13-5-2-6-14-10(7-12)8-13/h9-10H,2-3,5-8,12H2,1H3. The Morgan fingerprint density at radius 1 is 1.71 bits per heavy atom. The summed E-state index contributed by atoms with van der Waals surface area (Å²) in [6.45, 7) is 5.31. The van der Waals surface area contributed by atoms with Gasteiger partial charge in [-0.1, -0.05) is 0 Å². The van der Waals surface area contributed by atoms with Crippen LogP contribution in [0, 0.1) is 11.3 Å². The minimum absolute atomic E-state index is 0.138. The van der Waals surface area contributed by atoms with E-state index in [1.165, 1.54) is 0 Å². The summed E-state index contributed by atoms with van der Waals surface area (Å²) in [5.41, 5.74) is 5.59. The van der Waals surface area contributed by atoms with Crippen molar-refractivity contribution in [2.45, 2.75) is 31.9 Å². The van der Waals surface area contributed by atoms with E-state index >= 15 is 0 Å². The van der Waals surface area contributed by atoms with Gasteiger partial charge in [-0.3, -0.25) is 4.90 Å². The fourth-order valence-corrected chi connectivity index (χ4v) is 1.73. The van der Waals surface area contributed by atoms with Crippen molar-refractivity contribution in [3.63, 3.8) is 0 Å². The van der Waals surface area contributed by atoms with Gasteiger partial charge in [-0.2, -0.15) is 5.26 Å². The molecule has 1 saturated heterocycles. The Bertz CT molecular complexity index is 202. The van der Waals surface area contributed by atoms with Crippen LogP contribution in [-0.2, 0) is 4.74 Å². The van der Waals surface area contributed by atoms with Crippen LogP contribution in [0.4, 0.5) is 0 Å². The molecule has 0 aliphatic carbocycles. The summed E-state index contributed by atoms with van der Waals surface area (Å²) >= 11 is 0. The molecular weight excluding hydrogens is 178 g/mol. The van der Waals surface area contributed by atoms with E-state index in [-0.39, 0.29) is 6.10 Å². The first-order chi connectivity index (χ1) is 6.77. The van der Waals surface area contributed by atoms with E-state index in [1.54, 1.807) is 0 Å². The number of rotatable bonds is 3. The molecule has 0 bridgehead atoms. The van der Waals surface area contributed by atoms with E-state index in [9.17, 15) is 0 Å². The van der Waals surface area contributed by atoms with Crippen LogP contribution in [0.15, 0.2) is 0 Å². The summed E-state index contributed by atoms with van der Waals surface area (Å²) < 4.78 is 5.56. The van der Waals surface area contributed by atoms with Gasteiger partial charge in [-0.25, -0.2) is 0 Å². The van der Waals surface area contributed by atoms with E-state index in [2.05, 4.69) is 17.9 Å². The van der Waals surface area contributed by atoms with Crippen LogP contribution in [0.1, 0.15) is 19.8 Å². The Labute approximate surface area is 85.6 Å². The summed E-state index contributed by atoms with van der Waals surface area (Å²) in [7, 11) is 0. The summed E-state index contributed by atoms with van der Waals surface area (Å²) in [6.07, 6.45) is 1.75. The molecule has 2 unspecified atom stereocenters. The first-order valence-electron chi connectivity index (χ1n) is 5.20. The van der Waals surface area contributed by atoms with Crippen LogP contribution < -0.4 is 5.73 Å². The number of ether oxygens (including phenoxy) is 1. The monoisotopic (exact) mass is 197 g/mol. The van der Waals surface area contributed by atoms with Crippen LogP contribution in [0.5, 0.6) is 0 Å². The van der Waals surface area contributed by atoms with Crippen molar-refractivity contribution in [1.82, 2.24) is 4.90 Å². The lowest BCUT2D eigenvalue weighted by Gasteiger charge is -2.27. The van der Waals surface area contributed by atoms with Gasteiger partial charge in [0.2, 0.25) is 0 Å². The molecule has 2 atom stereocenters. The van der Waals surface area contributed by atoms with Gasteiger partial charge in [-0.15, -0.1) is 0 Å². The maximum Gasteiger partial charge on any atom is 0.0824 e. The molecule has 0 aromatic heterocycles. The lowest BCUT2D eigenvalue weighted by Crippen LogP contribution is -2.40. The molecule has 0 aromatic rings. The minimum atomic E-state index is 0.138. The molecule has 1 rings (SSSR count). The third kappa shape index (κ3) is 3.26. The molecule has 0 amide bonds. The summed E-state index contributed by atoms with van der Waals surface area (Å²) in [5, 5.41) is 8.63.